The first kappa shape index (κ1) is 32.3. The summed E-state index contributed by atoms with van der Waals surface area (Å²) in [7, 11) is 0. The molecule has 0 aliphatic heterocycles. The van der Waals surface area contributed by atoms with Gasteiger partial charge in [-0.15, -0.1) is 0 Å². The molecule has 40 heavy (non-hydrogen) atoms. The average Bonchev–Trinajstić information content (AvgIpc) is 2.82. The molecule has 0 saturated heterocycles. The van der Waals surface area contributed by atoms with E-state index in [-0.39, 0.29) is 0 Å². The molecule has 0 spiro atoms. The van der Waals surface area contributed by atoms with Crippen molar-refractivity contribution in [1.29, 1.82) is 0 Å². The number of amides is 4. The van der Waals surface area contributed by atoms with Crippen LogP contribution in [0.15, 0.2) is 42.5 Å². The zero-order chi connectivity index (χ0) is 30.4. The molecule has 0 fully saturated rings. The zero-order valence-electron chi connectivity index (χ0n) is 25.2. The molecule has 0 radical (unpaired) electrons. The minimum absolute atomic E-state index is 0.423. The second kappa shape index (κ2) is 13.0. The fourth-order valence-electron chi connectivity index (χ4n) is 4.43. The Morgan fingerprint density at radius 3 is 2.02 bits per heavy atom. The molecule has 4 N–H and O–H groups in total. The van der Waals surface area contributed by atoms with Gasteiger partial charge in [0, 0.05) is 11.2 Å². The maximum atomic E-state index is 14.3. The molecule has 4 amide bonds. The number of ether oxygens (including phenoxy) is 1. The van der Waals surface area contributed by atoms with Gasteiger partial charge in [-0.25, -0.2) is 4.79 Å². The molecule has 2 aromatic rings. The Morgan fingerprint density at radius 2 is 1.52 bits per heavy atom. The third-order valence-electron chi connectivity index (χ3n) is 6.74. The number of anilines is 1. The van der Waals surface area contributed by atoms with E-state index < -0.39 is 53.5 Å². The smallest absolute Gasteiger partial charge is 0.408 e. The highest BCUT2D eigenvalue weighted by molar-refractivity contribution is 6.00. The number of carbonyl (C=O) groups excluding carboxylic acids is 4. The monoisotopic (exact) mass is 552 g/mol. The fourth-order valence-corrected chi connectivity index (χ4v) is 4.43. The molecule has 0 bridgehead atoms. The number of nitrogens with two attached hydrogens (primary N) is 1. The summed E-state index contributed by atoms with van der Waals surface area (Å²) in [5.74, 6) is -1.83. The van der Waals surface area contributed by atoms with E-state index in [9.17, 15) is 19.2 Å². The topological polar surface area (TPSA) is 131 Å². The third-order valence-corrected chi connectivity index (χ3v) is 6.74. The summed E-state index contributed by atoms with van der Waals surface area (Å²) >= 11 is 0. The van der Waals surface area contributed by atoms with E-state index in [1.807, 2.05) is 77.9 Å². The molecular weight excluding hydrogens is 508 g/mol. The van der Waals surface area contributed by atoms with Gasteiger partial charge < -0.3 is 26.0 Å². The summed E-state index contributed by atoms with van der Waals surface area (Å²) in [4.78, 5) is 54.7. The van der Waals surface area contributed by atoms with Crippen LogP contribution in [-0.4, -0.2) is 45.9 Å². The lowest BCUT2D eigenvalue weighted by Gasteiger charge is -2.44. The van der Waals surface area contributed by atoms with E-state index in [1.54, 1.807) is 26.8 Å². The maximum Gasteiger partial charge on any atom is 0.408 e. The first-order valence-electron chi connectivity index (χ1n) is 13.5. The Bertz CT molecular complexity index is 1230. The molecule has 2 unspecified atom stereocenters. The minimum Gasteiger partial charge on any atom is -0.444 e. The van der Waals surface area contributed by atoms with E-state index in [0.29, 0.717) is 17.7 Å². The number of hydrogen-bond donors (Lipinski definition) is 3. The summed E-state index contributed by atoms with van der Waals surface area (Å²) in [6.07, 6.45) is -0.852. The Labute approximate surface area is 237 Å². The van der Waals surface area contributed by atoms with Crippen molar-refractivity contribution < 1.29 is 23.9 Å². The quantitative estimate of drug-likeness (QED) is 0.378. The maximum absolute atomic E-state index is 14.3. The third kappa shape index (κ3) is 8.56. The fraction of sp³-hybridized carbons (Fsp3) is 0.484. The van der Waals surface area contributed by atoms with Crippen LogP contribution in [-0.2, 0) is 19.1 Å². The van der Waals surface area contributed by atoms with Crippen LogP contribution >= 0.6 is 0 Å². The van der Waals surface area contributed by atoms with Gasteiger partial charge in [0.2, 0.25) is 11.8 Å². The summed E-state index contributed by atoms with van der Waals surface area (Å²) in [6, 6.07) is 10.6. The average molecular weight is 553 g/mol. The molecule has 218 valence electrons. The summed E-state index contributed by atoms with van der Waals surface area (Å²) < 4.78 is 5.35. The van der Waals surface area contributed by atoms with Crippen LogP contribution in [0, 0.1) is 20.8 Å². The lowest BCUT2D eigenvalue weighted by Crippen LogP contribution is -2.59. The van der Waals surface area contributed by atoms with Crippen molar-refractivity contribution in [2.45, 2.75) is 98.4 Å². The van der Waals surface area contributed by atoms with Crippen LogP contribution in [0.5, 0.6) is 0 Å². The van der Waals surface area contributed by atoms with Crippen LogP contribution < -0.4 is 16.4 Å². The Kier molecular flexibility index (Phi) is 10.5. The van der Waals surface area contributed by atoms with Gasteiger partial charge in [-0.3, -0.25) is 14.4 Å². The minimum atomic E-state index is -1.35. The van der Waals surface area contributed by atoms with Crippen LogP contribution in [0.4, 0.5) is 10.5 Å². The van der Waals surface area contributed by atoms with Gasteiger partial charge in [0.05, 0.1) is 6.42 Å². The van der Waals surface area contributed by atoms with Crippen molar-refractivity contribution >= 4 is 29.5 Å². The number of carbonyl (C=O) groups is 4. The lowest BCUT2D eigenvalue weighted by molar-refractivity contribution is -0.148. The molecular formula is C31H44N4O5. The van der Waals surface area contributed by atoms with Crippen molar-refractivity contribution in [3.8, 4) is 0 Å². The highest BCUT2D eigenvalue weighted by Crippen LogP contribution is 2.34. The van der Waals surface area contributed by atoms with Gasteiger partial charge in [-0.05, 0) is 78.5 Å². The molecule has 2 rings (SSSR count). The summed E-state index contributed by atoms with van der Waals surface area (Å²) in [5.41, 5.74) is 7.71. The van der Waals surface area contributed by atoms with Gasteiger partial charge in [0.25, 0.3) is 5.91 Å². The predicted octanol–water partition coefficient (Wildman–Crippen LogP) is 5.08. The van der Waals surface area contributed by atoms with E-state index in [4.69, 9.17) is 10.5 Å². The Hall–Kier alpha value is -3.88. The molecule has 0 saturated carbocycles. The number of nitrogens with one attached hydrogen (secondary N) is 2. The first-order valence-corrected chi connectivity index (χ1v) is 13.5. The van der Waals surface area contributed by atoms with E-state index in [2.05, 4.69) is 10.6 Å². The number of para-hydroxylation sites is 1. The van der Waals surface area contributed by atoms with Gasteiger partial charge in [-0.2, -0.15) is 0 Å². The number of aryl methyl sites for hydroxylation is 3. The van der Waals surface area contributed by atoms with Crippen molar-refractivity contribution in [3.63, 3.8) is 0 Å². The normalized spacial score (nSPS) is 13.1. The largest absolute Gasteiger partial charge is 0.444 e. The number of rotatable bonds is 10. The zero-order valence-corrected chi connectivity index (χ0v) is 25.2. The molecule has 2 atom stereocenters. The van der Waals surface area contributed by atoms with E-state index in [0.717, 1.165) is 16.7 Å². The van der Waals surface area contributed by atoms with Gasteiger partial charge in [0.15, 0.2) is 0 Å². The van der Waals surface area contributed by atoms with E-state index >= 15 is 0 Å². The first-order chi connectivity index (χ1) is 18.5. The Morgan fingerprint density at radius 1 is 0.950 bits per heavy atom. The molecule has 0 aromatic heterocycles. The molecule has 9 heteroatoms. The molecule has 0 aliphatic carbocycles. The van der Waals surface area contributed by atoms with E-state index in [1.165, 1.54) is 4.90 Å². The second-order valence-corrected chi connectivity index (χ2v) is 11.8. The van der Waals surface area contributed by atoms with Gasteiger partial charge in [-0.1, -0.05) is 55.0 Å². The molecule has 2 aromatic carbocycles. The standard InChI is InChI=1S/C31H44N4O5/c1-10-31(8,9)35(28(38)23(18-24(32)36)33-29(39)40-30(5,6)7)26(22-16-11-13-19(2)17-22)27(37)34-25-20(3)14-12-15-21(25)4/h11-17,23,26H,10,18H2,1-9H3,(H2,32,36)(H,33,39)(H,34,37). The number of nitrogens with zero attached hydrogens (tertiary/aromatic N) is 1. The summed E-state index contributed by atoms with van der Waals surface area (Å²) in [6.45, 7) is 16.4. The van der Waals surface area contributed by atoms with Crippen molar-refractivity contribution in [2.24, 2.45) is 5.73 Å². The van der Waals surface area contributed by atoms with Crippen LogP contribution in [0.1, 0.15) is 82.7 Å². The highest BCUT2D eigenvalue weighted by atomic mass is 16.6. The van der Waals surface area contributed by atoms with Gasteiger partial charge in [0.1, 0.15) is 17.7 Å². The van der Waals surface area contributed by atoms with Crippen LogP contribution in [0.2, 0.25) is 0 Å². The number of benzene rings is 2. The number of primary amides is 1. The SMILES string of the molecule is CCC(C)(C)N(C(=O)C(CC(N)=O)NC(=O)OC(C)(C)C)C(C(=O)Nc1c(C)cccc1C)c1cccc(C)c1. The molecule has 0 heterocycles. The van der Waals surface area contributed by atoms with Crippen LogP contribution in [0.25, 0.3) is 0 Å². The second-order valence-electron chi connectivity index (χ2n) is 11.8. The predicted molar refractivity (Wildman–Crippen MR) is 157 cm³/mol. The lowest BCUT2D eigenvalue weighted by atomic mass is 9.91. The number of alkyl carbamates (subject to hydrolysis) is 1. The van der Waals surface area contributed by atoms with Crippen molar-refractivity contribution in [3.05, 3.63) is 64.7 Å². The highest BCUT2D eigenvalue weighted by Gasteiger charge is 2.43. The Balaban J connectivity index is 2.69. The van der Waals surface area contributed by atoms with Crippen molar-refractivity contribution in [2.75, 3.05) is 5.32 Å². The number of hydrogen-bond acceptors (Lipinski definition) is 5. The van der Waals surface area contributed by atoms with Gasteiger partial charge >= 0.3 is 6.09 Å². The van der Waals surface area contributed by atoms with Crippen LogP contribution in [0.3, 0.4) is 0 Å². The molecule has 9 nitrogen and oxygen atoms in total. The molecule has 0 aliphatic rings. The summed E-state index contributed by atoms with van der Waals surface area (Å²) in [5, 5.41) is 5.56. The van der Waals surface area contributed by atoms with Crippen molar-refractivity contribution in [1.82, 2.24) is 10.2 Å².